The molecule has 2 atom stereocenters. The highest BCUT2D eigenvalue weighted by Crippen LogP contribution is 2.27. The number of carboxylic acids is 1. The highest BCUT2D eigenvalue weighted by molar-refractivity contribution is 6.03. The van der Waals surface area contributed by atoms with E-state index in [1.807, 2.05) is 19.1 Å². The van der Waals surface area contributed by atoms with Crippen LogP contribution in [0.15, 0.2) is 29.3 Å². The summed E-state index contributed by atoms with van der Waals surface area (Å²) in [6.07, 6.45) is 1.66. The van der Waals surface area contributed by atoms with Crippen LogP contribution in [0.4, 0.5) is 5.69 Å². The highest BCUT2D eigenvalue weighted by atomic mass is 16.4. The van der Waals surface area contributed by atoms with E-state index in [1.54, 1.807) is 12.1 Å². The van der Waals surface area contributed by atoms with E-state index in [-0.39, 0.29) is 31.4 Å². The molecule has 0 aliphatic carbocycles. The van der Waals surface area contributed by atoms with Crippen LogP contribution in [0.25, 0.3) is 0 Å². The maximum atomic E-state index is 13.5. The van der Waals surface area contributed by atoms with Crippen LogP contribution in [-0.2, 0) is 14.4 Å². The minimum Gasteiger partial charge on any atom is -0.480 e. The standard InChI is InChI=1S/C20H30N6O4/c1-13-6-8-14(9-7-13)26(16(19(29)30)4-2-10-24-20(22)23)18(28)15-5-3-11-25(15)17(27)12-21/h6-9,15-16H,2-5,10-12,21H2,1H3,(H,29,30)(H4,22,23,24)/t15-,16-/m0/s1. The molecule has 10 nitrogen and oxygen atoms in total. The second-order valence-electron chi connectivity index (χ2n) is 7.30. The predicted molar refractivity (Wildman–Crippen MR) is 114 cm³/mol. The van der Waals surface area contributed by atoms with Crippen LogP contribution in [0.2, 0.25) is 0 Å². The lowest BCUT2D eigenvalue weighted by Crippen LogP contribution is -2.54. The summed E-state index contributed by atoms with van der Waals surface area (Å²) in [7, 11) is 0. The maximum absolute atomic E-state index is 13.5. The molecular formula is C20H30N6O4. The zero-order valence-electron chi connectivity index (χ0n) is 17.2. The van der Waals surface area contributed by atoms with Gasteiger partial charge in [0.05, 0.1) is 6.54 Å². The number of anilines is 1. The molecule has 164 valence electrons. The second kappa shape index (κ2) is 10.6. The number of guanidine groups is 1. The zero-order valence-corrected chi connectivity index (χ0v) is 17.2. The van der Waals surface area contributed by atoms with E-state index in [1.165, 1.54) is 9.80 Å². The molecule has 1 aliphatic rings. The molecule has 0 radical (unpaired) electrons. The van der Waals surface area contributed by atoms with Gasteiger partial charge in [-0.3, -0.25) is 19.5 Å². The van der Waals surface area contributed by atoms with Crippen molar-refractivity contribution in [3.05, 3.63) is 29.8 Å². The number of amides is 2. The summed E-state index contributed by atoms with van der Waals surface area (Å²) in [5.41, 5.74) is 17.6. The van der Waals surface area contributed by atoms with Crippen LogP contribution in [-0.4, -0.2) is 65.5 Å². The molecule has 7 N–H and O–H groups in total. The number of carbonyl (C=O) groups excluding carboxylic acids is 2. The first kappa shape index (κ1) is 23.1. The van der Waals surface area contributed by atoms with Crippen molar-refractivity contribution in [2.24, 2.45) is 22.2 Å². The summed E-state index contributed by atoms with van der Waals surface area (Å²) < 4.78 is 0. The number of nitrogens with zero attached hydrogens (tertiary/aromatic N) is 3. The van der Waals surface area contributed by atoms with Crippen LogP contribution in [0.5, 0.6) is 0 Å². The summed E-state index contributed by atoms with van der Waals surface area (Å²) in [5, 5.41) is 9.90. The number of rotatable bonds is 9. The Kier molecular flexibility index (Phi) is 8.16. The molecule has 2 rings (SSSR count). The number of benzene rings is 1. The van der Waals surface area contributed by atoms with E-state index in [0.29, 0.717) is 31.5 Å². The molecule has 0 spiro atoms. The molecule has 30 heavy (non-hydrogen) atoms. The van der Waals surface area contributed by atoms with Crippen molar-refractivity contribution in [1.82, 2.24) is 4.90 Å². The van der Waals surface area contributed by atoms with Crippen LogP contribution in [0, 0.1) is 6.92 Å². The van der Waals surface area contributed by atoms with Crippen LogP contribution < -0.4 is 22.1 Å². The van der Waals surface area contributed by atoms with Crippen molar-refractivity contribution in [2.75, 3.05) is 24.5 Å². The number of hydrogen-bond donors (Lipinski definition) is 4. The van der Waals surface area contributed by atoms with Gasteiger partial charge >= 0.3 is 5.97 Å². The van der Waals surface area contributed by atoms with E-state index in [0.717, 1.165) is 5.56 Å². The summed E-state index contributed by atoms with van der Waals surface area (Å²) >= 11 is 0. The Labute approximate surface area is 175 Å². The first-order valence-electron chi connectivity index (χ1n) is 9.93. The van der Waals surface area contributed by atoms with Crippen molar-refractivity contribution in [3.8, 4) is 0 Å². The Bertz CT molecular complexity index is 791. The van der Waals surface area contributed by atoms with Crippen LogP contribution in [0.1, 0.15) is 31.2 Å². The molecule has 0 bridgehead atoms. The van der Waals surface area contributed by atoms with Gasteiger partial charge in [-0.2, -0.15) is 0 Å². The summed E-state index contributed by atoms with van der Waals surface area (Å²) in [6.45, 7) is 2.38. The lowest BCUT2D eigenvalue weighted by Gasteiger charge is -2.34. The lowest BCUT2D eigenvalue weighted by molar-refractivity contribution is -0.141. The molecule has 10 heteroatoms. The zero-order chi connectivity index (χ0) is 22.3. The summed E-state index contributed by atoms with van der Waals surface area (Å²) in [6, 6.07) is 5.19. The molecule has 1 saturated heterocycles. The van der Waals surface area contributed by atoms with Crippen molar-refractivity contribution in [2.45, 2.75) is 44.7 Å². The first-order valence-corrected chi connectivity index (χ1v) is 9.93. The molecule has 0 aromatic heterocycles. The monoisotopic (exact) mass is 418 g/mol. The molecule has 1 aromatic carbocycles. The van der Waals surface area contributed by atoms with Gasteiger partial charge in [-0.15, -0.1) is 0 Å². The van der Waals surface area contributed by atoms with Crippen molar-refractivity contribution in [1.29, 1.82) is 0 Å². The van der Waals surface area contributed by atoms with Gasteiger partial charge < -0.3 is 27.2 Å². The van der Waals surface area contributed by atoms with E-state index in [2.05, 4.69) is 4.99 Å². The molecule has 0 unspecified atom stereocenters. The predicted octanol–water partition coefficient (Wildman–Crippen LogP) is -0.215. The van der Waals surface area contributed by atoms with Gasteiger partial charge in [-0.05, 0) is 44.7 Å². The maximum Gasteiger partial charge on any atom is 0.326 e. The molecule has 1 aromatic rings. The van der Waals surface area contributed by atoms with Gasteiger partial charge in [0.1, 0.15) is 12.1 Å². The Hall–Kier alpha value is -3.14. The van der Waals surface area contributed by atoms with Crippen LogP contribution >= 0.6 is 0 Å². The number of aliphatic carboxylic acids is 1. The van der Waals surface area contributed by atoms with Crippen LogP contribution in [0.3, 0.4) is 0 Å². The van der Waals surface area contributed by atoms with Gasteiger partial charge in [0.2, 0.25) is 5.91 Å². The van der Waals surface area contributed by atoms with E-state index < -0.39 is 24.0 Å². The number of aliphatic imine (C=N–C) groups is 1. The minimum absolute atomic E-state index is 0.0739. The van der Waals surface area contributed by atoms with E-state index >= 15 is 0 Å². The topological polar surface area (TPSA) is 168 Å². The van der Waals surface area contributed by atoms with E-state index in [9.17, 15) is 19.5 Å². The highest BCUT2D eigenvalue weighted by Gasteiger charge is 2.40. The number of likely N-dealkylation sites (tertiary alicyclic amines) is 1. The Morgan fingerprint density at radius 3 is 2.50 bits per heavy atom. The molecule has 1 aliphatic heterocycles. The van der Waals surface area contributed by atoms with Crippen molar-refractivity contribution < 1.29 is 19.5 Å². The normalized spacial score (nSPS) is 16.7. The average molecular weight is 418 g/mol. The third-order valence-electron chi connectivity index (χ3n) is 5.11. The third kappa shape index (κ3) is 5.69. The smallest absolute Gasteiger partial charge is 0.326 e. The molecule has 1 fully saturated rings. The third-order valence-corrected chi connectivity index (χ3v) is 5.11. The molecule has 2 amide bonds. The van der Waals surface area contributed by atoms with Crippen molar-refractivity contribution >= 4 is 29.4 Å². The Morgan fingerprint density at radius 2 is 1.93 bits per heavy atom. The van der Waals surface area contributed by atoms with Gasteiger partial charge in [0, 0.05) is 18.8 Å². The number of hydrogen-bond acceptors (Lipinski definition) is 5. The minimum atomic E-state index is -1.14. The number of carboxylic acid groups (broad SMARTS) is 1. The summed E-state index contributed by atoms with van der Waals surface area (Å²) in [4.78, 5) is 44.4. The van der Waals surface area contributed by atoms with E-state index in [4.69, 9.17) is 17.2 Å². The lowest BCUT2D eigenvalue weighted by atomic mass is 10.0. The molecule has 1 heterocycles. The number of aryl methyl sites for hydroxylation is 1. The summed E-state index contributed by atoms with van der Waals surface area (Å²) in [5.74, 6) is -1.96. The fourth-order valence-electron chi connectivity index (χ4n) is 3.62. The Balaban J connectivity index is 2.36. The fourth-order valence-corrected chi connectivity index (χ4v) is 3.62. The number of carbonyl (C=O) groups is 3. The van der Waals surface area contributed by atoms with Crippen molar-refractivity contribution in [3.63, 3.8) is 0 Å². The van der Waals surface area contributed by atoms with Gasteiger partial charge in [0.15, 0.2) is 5.96 Å². The fraction of sp³-hybridized carbons (Fsp3) is 0.500. The Morgan fingerprint density at radius 1 is 1.27 bits per heavy atom. The second-order valence-corrected chi connectivity index (χ2v) is 7.30. The SMILES string of the molecule is Cc1ccc(N(C(=O)[C@@H]2CCCN2C(=O)CN)[C@@H](CCCN=C(N)N)C(=O)O)cc1. The van der Waals surface area contributed by atoms with Gasteiger partial charge in [-0.1, -0.05) is 17.7 Å². The largest absolute Gasteiger partial charge is 0.480 e. The first-order chi connectivity index (χ1) is 14.3. The quantitative estimate of drug-likeness (QED) is 0.244. The number of nitrogens with two attached hydrogens (primary N) is 3. The van der Waals surface area contributed by atoms with Gasteiger partial charge in [0.25, 0.3) is 5.91 Å². The molecular weight excluding hydrogens is 388 g/mol. The average Bonchev–Trinajstić information content (AvgIpc) is 3.20. The molecule has 0 saturated carbocycles. The van der Waals surface area contributed by atoms with Gasteiger partial charge in [-0.25, -0.2) is 4.79 Å².